The number of hydrogen-bond acceptors (Lipinski definition) is 4. The minimum atomic E-state index is -0.502. The number of fused-ring (bicyclic) bond motifs is 1. The zero-order valence-electron chi connectivity index (χ0n) is 16.7. The summed E-state index contributed by atoms with van der Waals surface area (Å²) in [5.41, 5.74) is 2.34. The Morgan fingerprint density at radius 1 is 1.14 bits per heavy atom. The molecule has 28 heavy (non-hydrogen) atoms. The first-order chi connectivity index (χ1) is 13.3. The van der Waals surface area contributed by atoms with E-state index in [-0.39, 0.29) is 11.8 Å². The maximum absolute atomic E-state index is 12.8. The quantitative estimate of drug-likeness (QED) is 0.872. The maximum atomic E-state index is 12.8. The molecule has 0 saturated heterocycles. The molecule has 6 nitrogen and oxygen atoms in total. The molecular weight excluding hydrogens is 356 g/mol. The molecular formula is C22H26N2O4. The van der Waals surface area contributed by atoms with Crippen LogP contribution in [0.2, 0.25) is 0 Å². The first-order valence-electron chi connectivity index (χ1n) is 9.27. The van der Waals surface area contributed by atoms with E-state index in [1.807, 2.05) is 32.9 Å². The van der Waals surface area contributed by atoms with Crippen LogP contribution in [-0.4, -0.2) is 32.1 Å². The fraction of sp³-hybridized carbons (Fsp3) is 0.364. The van der Waals surface area contributed by atoms with Gasteiger partial charge in [0.25, 0.3) is 5.91 Å². The summed E-state index contributed by atoms with van der Waals surface area (Å²) in [5.74, 6) is 0.453. The van der Waals surface area contributed by atoms with Crippen LogP contribution in [0.25, 0.3) is 0 Å². The standard InChI is InChI=1S/C22H26N2O4/c1-22(2,3)21(26)24-11-12-28-19-10-9-17(13-18(19)24)23-20(25)16-7-5-15(6-8-16)14-27-4/h5-10,13H,11-12,14H2,1-4H3,(H,23,25). The molecule has 2 amide bonds. The van der Waals surface area contributed by atoms with Gasteiger partial charge in [-0.2, -0.15) is 0 Å². The summed E-state index contributed by atoms with van der Waals surface area (Å²) in [6.07, 6.45) is 0. The number of nitrogens with one attached hydrogen (secondary N) is 1. The number of anilines is 2. The number of ether oxygens (including phenoxy) is 2. The fourth-order valence-electron chi connectivity index (χ4n) is 3.03. The van der Waals surface area contributed by atoms with Crippen LogP contribution in [0.3, 0.4) is 0 Å². The summed E-state index contributed by atoms with van der Waals surface area (Å²) < 4.78 is 10.8. The van der Waals surface area contributed by atoms with Gasteiger partial charge in [0, 0.05) is 23.8 Å². The van der Waals surface area contributed by atoms with Gasteiger partial charge in [0.1, 0.15) is 12.4 Å². The van der Waals surface area contributed by atoms with Gasteiger partial charge in [0.2, 0.25) is 5.91 Å². The Hall–Kier alpha value is -2.86. The molecule has 0 spiro atoms. The molecule has 1 N–H and O–H groups in total. The van der Waals surface area contributed by atoms with Crippen molar-refractivity contribution in [3.63, 3.8) is 0 Å². The molecule has 2 aromatic carbocycles. The topological polar surface area (TPSA) is 67.9 Å². The van der Waals surface area contributed by atoms with Crippen molar-refractivity contribution in [2.24, 2.45) is 5.41 Å². The van der Waals surface area contributed by atoms with Gasteiger partial charge in [0.15, 0.2) is 0 Å². The van der Waals surface area contributed by atoms with Crippen LogP contribution in [0, 0.1) is 5.41 Å². The van der Waals surface area contributed by atoms with Gasteiger partial charge in [0.05, 0.1) is 18.8 Å². The summed E-state index contributed by atoms with van der Waals surface area (Å²) in [5, 5.41) is 2.89. The molecule has 0 radical (unpaired) electrons. The lowest BCUT2D eigenvalue weighted by Gasteiger charge is -2.34. The second-order valence-electron chi connectivity index (χ2n) is 7.82. The lowest BCUT2D eigenvalue weighted by atomic mass is 9.94. The number of carbonyl (C=O) groups excluding carboxylic acids is 2. The van der Waals surface area contributed by atoms with Gasteiger partial charge in [-0.1, -0.05) is 32.9 Å². The number of nitrogens with zero attached hydrogens (tertiary/aromatic N) is 1. The molecule has 0 unspecified atom stereocenters. The third-order valence-electron chi connectivity index (χ3n) is 4.49. The highest BCUT2D eigenvalue weighted by atomic mass is 16.5. The predicted molar refractivity (Wildman–Crippen MR) is 109 cm³/mol. The normalized spacial score (nSPS) is 13.5. The summed E-state index contributed by atoms with van der Waals surface area (Å²) in [6, 6.07) is 12.6. The van der Waals surface area contributed by atoms with Crippen molar-refractivity contribution in [1.82, 2.24) is 0 Å². The van der Waals surface area contributed by atoms with Crippen molar-refractivity contribution in [2.75, 3.05) is 30.5 Å². The highest BCUT2D eigenvalue weighted by molar-refractivity contribution is 6.05. The Morgan fingerprint density at radius 2 is 1.86 bits per heavy atom. The Labute approximate surface area is 165 Å². The number of carbonyl (C=O) groups is 2. The van der Waals surface area contributed by atoms with Crippen molar-refractivity contribution in [3.8, 4) is 5.75 Å². The molecule has 2 aromatic rings. The summed E-state index contributed by atoms with van der Waals surface area (Å²) in [7, 11) is 1.63. The Bertz CT molecular complexity index is 869. The van der Waals surface area contributed by atoms with Crippen molar-refractivity contribution in [1.29, 1.82) is 0 Å². The second-order valence-corrected chi connectivity index (χ2v) is 7.82. The van der Waals surface area contributed by atoms with Gasteiger partial charge < -0.3 is 19.7 Å². The number of amides is 2. The average molecular weight is 382 g/mol. The second kappa shape index (κ2) is 8.02. The van der Waals surface area contributed by atoms with Crippen LogP contribution >= 0.6 is 0 Å². The van der Waals surface area contributed by atoms with Crippen LogP contribution in [-0.2, 0) is 16.1 Å². The highest BCUT2D eigenvalue weighted by Crippen LogP contribution is 2.36. The zero-order valence-corrected chi connectivity index (χ0v) is 16.7. The van der Waals surface area contributed by atoms with E-state index in [1.54, 1.807) is 42.3 Å². The van der Waals surface area contributed by atoms with E-state index in [0.717, 1.165) is 5.56 Å². The van der Waals surface area contributed by atoms with E-state index in [4.69, 9.17) is 9.47 Å². The van der Waals surface area contributed by atoms with Crippen LogP contribution in [0.4, 0.5) is 11.4 Å². The minimum Gasteiger partial charge on any atom is -0.490 e. The van der Waals surface area contributed by atoms with Crippen LogP contribution in [0.15, 0.2) is 42.5 Å². The van der Waals surface area contributed by atoms with Gasteiger partial charge in [-0.25, -0.2) is 0 Å². The molecule has 0 bridgehead atoms. The smallest absolute Gasteiger partial charge is 0.255 e. The van der Waals surface area contributed by atoms with Crippen LogP contribution in [0.1, 0.15) is 36.7 Å². The third-order valence-corrected chi connectivity index (χ3v) is 4.49. The number of methoxy groups -OCH3 is 1. The molecule has 1 aliphatic rings. The van der Waals surface area contributed by atoms with Gasteiger partial charge >= 0.3 is 0 Å². The molecule has 3 rings (SSSR count). The van der Waals surface area contributed by atoms with E-state index in [2.05, 4.69) is 5.32 Å². The maximum Gasteiger partial charge on any atom is 0.255 e. The van der Waals surface area contributed by atoms with Gasteiger partial charge in [-0.15, -0.1) is 0 Å². The molecule has 0 saturated carbocycles. The fourth-order valence-corrected chi connectivity index (χ4v) is 3.03. The first-order valence-corrected chi connectivity index (χ1v) is 9.27. The van der Waals surface area contributed by atoms with Crippen LogP contribution in [0.5, 0.6) is 5.75 Å². The third kappa shape index (κ3) is 4.34. The van der Waals surface area contributed by atoms with E-state index in [0.29, 0.717) is 42.4 Å². The Balaban J connectivity index is 1.80. The number of benzene rings is 2. The van der Waals surface area contributed by atoms with Crippen molar-refractivity contribution in [3.05, 3.63) is 53.6 Å². The SMILES string of the molecule is COCc1ccc(C(=O)Nc2ccc3c(c2)N(C(=O)C(C)(C)C)CCO3)cc1. The summed E-state index contributed by atoms with van der Waals surface area (Å²) >= 11 is 0. The molecule has 6 heteroatoms. The lowest BCUT2D eigenvalue weighted by molar-refractivity contribution is -0.126. The number of rotatable bonds is 4. The molecule has 0 aromatic heterocycles. The molecule has 0 fully saturated rings. The van der Waals surface area contributed by atoms with E-state index >= 15 is 0 Å². The monoisotopic (exact) mass is 382 g/mol. The Morgan fingerprint density at radius 3 is 2.50 bits per heavy atom. The van der Waals surface area contributed by atoms with Gasteiger partial charge in [-0.05, 0) is 35.9 Å². The minimum absolute atomic E-state index is 0.0225. The largest absolute Gasteiger partial charge is 0.490 e. The lowest BCUT2D eigenvalue weighted by Crippen LogP contribution is -2.44. The molecule has 0 aliphatic carbocycles. The van der Waals surface area contributed by atoms with Crippen LogP contribution < -0.4 is 15.0 Å². The average Bonchev–Trinajstić information content (AvgIpc) is 2.67. The van der Waals surface area contributed by atoms with Crippen molar-refractivity contribution >= 4 is 23.2 Å². The van der Waals surface area contributed by atoms with E-state index in [1.165, 1.54) is 0 Å². The van der Waals surface area contributed by atoms with E-state index in [9.17, 15) is 9.59 Å². The van der Waals surface area contributed by atoms with Crippen molar-refractivity contribution < 1.29 is 19.1 Å². The van der Waals surface area contributed by atoms with Gasteiger partial charge in [-0.3, -0.25) is 9.59 Å². The zero-order chi connectivity index (χ0) is 20.3. The van der Waals surface area contributed by atoms with E-state index < -0.39 is 5.41 Å². The first kappa shape index (κ1) is 19.9. The number of hydrogen-bond donors (Lipinski definition) is 1. The molecule has 0 atom stereocenters. The molecule has 1 aliphatic heterocycles. The molecule has 148 valence electrons. The highest BCUT2D eigenvalue weighted by Gasteiger charge is 2.32. The van der Waals surface area contributed by atoms with Crippen molar-refractivity contribution in [2.45, 2.75) is 27.4 Å². The summed E-state index contributed by atoms with van der Waals surface area (Å²) in [6.45, 7) is 7.12. The Kier molecular flexibility index (Phi) is 5.70. The predicted octanol–water partition coefficient (Wildman–Crippen LogP) is 3.86. The summed E-state index contributed by atoms with van der Waals surface area (Å²) in [4.78, 5) is 27.1. The molecule has 1 heterocycles.